The molecular formula is C24H22N6O2. The van der Waals surface area contributed by atoms with Crippen LogP contribution in [0.4, 0.5) is 21.9 Å². The number of nitrogens with zero attached hydrogens (tertiary/aromatic N) is 3. The highest BCUT2D eigenvalue weighted by atomic mass is 16.2. The number of aryl methyl sites for hydroxylation is 1. The Bertz CT molecular complexity index is 1210. The van der Waals surface area contributed by atoms with Gasteiger partial charge in [-0.1, -0.05) is 36.4 Å². The average Bonchev–Trinajstić information content (AvgIpc) is 3.30. The lowest BCUT2D eigenvalue weighted by Gasteiger charge is -2.12. The molecule has 3 aromatic carbocycles. The average molecular weight is 426 g/mol. The number of urea groups is 1. The highest BCUT2D eigenvalue weighted by Gasteiger charge is 2.10. The van der Waals surface area contributed by atoms with Crippen LogP contribution < -0.4 is 16.0 Å². The number of para-hydroxylation sites is 1. The summed E-state index contributed by atoms with van der Waals surface area (Å²) in [6, 6.07) is 21.5. The lowest BCUT2D eigenvalue weighted by atomic mass is 10.1. The molecule has 4 rings (SSSR count). The van der Waals surface area contributed by atoms with Crippen molar-refractivity contribution in [1.82, 2.24) is 14.8 Å². The minimum Gasteiger partial charge on any atom is -0.322 e. The first kappa shape index (κ1) is 20.8. The lowest BCUT2D eigenvalue weighted by Crippen LogP contribution is -2.19. The van der Waals surface area contributed by atoms with Crippen LogP contribution in [-0.2, 0) is 6.54 Å². The Labute approximate surface area is 185 Å². The minimum absolute atomic E-state index is 0.230. The van der Waals surface area contributed by atoms with Crippen molar-refractivity contribution in [2.75, 3.05) is 16.0 Å². The maximum absolute atomic E-state index is 12.7. The maximum Gasteiger partial charge on any atom is 0.323 e. The molecular weight excluding hydrogens is 404 g/mol. The molecule has 32 heavy (non-hydrogen) atoms. The van der Waals surface area contributed by atoms with Crippen molar-refractivity contribution in [3.05, 3.63) is 102 Å². The Kier molecular flexibility index (Phi) is 6.22. The zero-order valence-electron chi connectivity index (χ0n) is 17.4. The normalized spacial score (nSPS) is 10.4. The number of aromatic nitrogens is 3. The molecule has 160 valence electrons. The standard InChI is InChI=1S/C24H22N6O2/c1-17-7-12-21(28-24(32)27-20-5-3-2-4-6-20)13-22(17)29-23(31)19-10-8-18(9-11-19)14-30-16-25-15-26-30/h2-13,15-16H,14H2,1H3,(H,29,31)(H2,27,28,32). The van der Waals surface area contributed by atoms with Crippen LogP contribution in [0.2, 0.25) is 0 Å². The van der Waals surface area contributed by atoms with Gasteiger partial charge in [0.15, 0.2) is 0 Å². The van der Waals surface area contributed by atoms with Crippen molar-refractivity contribution in [2.45, 2.75) is 13.5 Å². The van der Waals surface area contributed by atoms with E-state index in [1.54, 1.807) is 47.4 Å². The zero-order valence-corrected chi connectivity index (χ0v) is 17.4. The predicted octanol–water partition coefficient (Wildman–Crippen LogP) is 4.53. The van der Waals surface area contributed by atoms with Gasteiger partial charge in [0.05, 0.1) is 6.54 Å². The van der Waals surface area contributed by atoms with Gasteiger partial charge >= 0.3 is 6.03 Å². The van der Waals surface area contributed by atoms with Crippen molar-refractivity contribution >= 4 is 29.0 Å². The second-order valence-electron chi connectivity index (χ2n) is 7.22. The number of hydrogen-bond acceptors (Lipinski definition) is 4. The van der Waals surface area contributed by atoms with Gasteiger partial charge in [-0.05, 0) is 54.4 Å². The number of benzene rings is 3. The third-order valence-corrected chi connectivity index (χ3v) is 4.80. The summed E-state index contributed by atoms with van der Waals surface area (Å²) in [6.45, 7) is 2.48. The number of carbonyl (C=O) groups is 2. The van der Waals surface area contributed by atoms with Crippen LogP contribution in [0.5, 0.6) is 0 Å². The second kappa shape index (κ2) is 9.57. The summed E-state index contributed by atoms with van der Waals surface area (Å²) in [5.74, 6) is -0.230. The minimum atomic E-state index is -0.361. The van der Waals surface area contributed by atoms with E-state index in [0.717, 1.165) is 11.1 Å². The Balaban J connectivity index is 1.40. The van der Waals surface area contributed by atoms with Gasteiger partial charge in [-0.2, -0.15) is 5.10 Å². The lowest BCUT2D eigenvalue weighted by molar-refractivity contribution is 0.102. The number of rotatable bonds is 6. The molecule has 0 aliphatic carbocycles. The molecule has 0 atom stereocenters. The third kappa shape index (κ3) is 5.37. The molecule has 0 radical (unpaired) electrons. The van der Waals surface area contributed by atoms with Gasteiger partial charge in [0.2, 0.25) is 0 Å². The van der Waals surface area contributed by atoms with Crippen molar-refractivity contribution in [1.29, 1.82) is 0 Å². The maximum atomic E-state index is 12.7. The Hall–Kier alpha value is -4.46. The summed E-state index contributed by atoms with van der Waals surface area (Å²) < 4.78 is 1.71. The van der Waals surface area contributed by atoms with E-state index in [0.29, 0.717) is 29.2 Å². The van der Waals surface area contributed by atoms with Crippen LogP contribution >= 0.6 is 0 Å². The van der Waals surface area contributed by atoms with Gasteiger partial charge in [-0.25, -0.2) is 14.5 Å². The van der Waals surface area contributed by atoms with E-state index in [1.165, 1.54) is 6.33 Å². The molecule has 8 heteroatoms. The van der Waals surface area contributed by atoms with Crippen LogP contribution in [-0.4, -0.2) is 26.7 Å². The highest BCUT2D eigenvalue weighted by molar-refractivity contribution is 6.05. The van der Waals surface area contributed by atoms with E-state index in [4.69, 9.17) is 0 Å². The molecule has 0 spiro atoms. The highest BCUT2D eigenvalue weighted by Crippen LogP contribution is 2.21. The Morgan fingerprint density at radius 3 is 2.34 bits per heavy atom. The summed E-state index contributed by atoms with van der Waals surface area (Å²) in [7, 11) is 0. The van der Waals surface area contributed by atoms with Gasteiger partial charge < -0.3 is 16.0 Å². The number of anilines is 3. The van der Waals surface area contributed by atoms with Crippen molar-refractivity contribution in [3.8, 4) is 0 Å². The molecule has 0 bridgehead atoms. The molecule has 4 aromatic rings. The molecule has 0 saturated carbocycles. The van der Waals surface area contributed by atoms with Crippen LogP contribution in [0.15, 0.2) is 85.5 Å². The molecule has 1 aromatic heterocycles. The first-order chi connectivity index (χ1) is 15.6. The smallest absolute Gasteiger partial charge is 0.322 e. The molecule has 0 saturated heterocycles. The number of amides is 3. The summed E-state index contributed by atoms with van der Waals surface area (Å²) in [5.41, 5.74) is 4.32. The molecule has 1 heterocycles. The molecule has 0 fully saturated rings. The Morgan fingerprint density at radius 2 is 1.62 bits per heavy atom. The van der Waals surface area contributed by atoms with E-state index >= 15 is 0 Å². The summed E-state index contributed by atoms with van der Waals surface area (Å²) in [5, 5.41) is 12.5. The third-order valence-electron chi connectivity index (χ3n) is 4.80. The monoisotopic (exact) mass is 426 g/mol. The topological polar surface area (TPSA) is 101 Å². The van der Waals surface area contributed by atoms with Crippen LogP contribution in [0, 0.1) is 6.92 Å². The molecule has 0 unspecified atom stereocenters. The first-order valence-corrected chi connectivity index (χ1v) is 10.0. The van der Waals surface area contributed by atoms with Crippen molar-refractivity contribution in [3.63, 3.8) is 0 Å². The van der Waals surface area contributed by atoms with Crippen molar-refractivity contribution < 1.29 is 9.59 Å². The van der Waals surface area contributed by atoms with Crippen molar-refractivity contribution in [2.24, 2.45) is 0 Å². The van der Waals surface area contributed by atoms with Gasteiger partial charge in [0, 0.05) is 22.6 Å². The fraction of sp³-hybridized carbons (Fsp3) is 0.0833. The van der Waals surface area contributed by atoms with E-state index < -0.39 is 0 Å². The predicted molar refractivity (Wildman–Crippen MR) is 124 cm³/mol. The molecule has 3 amide bonds. The summed E-state index contributed by atoms with van der Waals surface area (Å²) in [6.07, 6.45) is 3.13. The molecule has 8 nitrogen and oxygen atoms in total. The fourth-order valence-electron chi connectivity index (χ4n) is 3.11. The number of carbonyl (C=O) groups excluding carboxylic acids is 2. The molecule has 3 N–H and O–H groups in total. The quantitative estimate of drug-likeness (QED) is 0.422. The van der Waals surface area contributed by atoms with E-state index in [2.05, 4.69) is 26.0 Å². The summed E-state index contributed by atoms with van der Waals surface area (Å²) in [4.78, 5) is 28.9. The molecule has 0 aliphatic rings. The van der Waals surface area contributed by atoms with Crippen LogP contribution in [0.1, 0.15) is 21.5 Å². The largest absolute Gasteiger partial charge is 0.323 e. The summed E-state index contributed by atoms with van der Waals surface area (Å²) >= 11 is 0. The SMILES string of the molecule is Cc1ccc(NC(=O)Nc2ccccc2)cc1NC(=O)c1ccc(Cn2cncn2)cc1. The number of hydrogen-bond donors (Lipinski definition) is 3. The van der Waals surface area contributed by atoms with Gasteiger partial charge in [0.1, 0.15) is 12.7 Å². The van der Waals surface area contributed by atoms with Gasteiger partial charge in [-0.15, -0.1) is 0 Å². The van der Waals surface area contributed by atoms with Crippen LogP contribution in [0.3, 0.4) is 0 Å². The van der Waals surface area contributed by atoms with E-state index in [-0.39, 0.29) is 11.9 Å². The van der Waals surface area contributed by atoms with Gasteiger partial charge in [0.25, 0.3) is 5.91 Å². The fourth-order valence-corrected chi connectivity index (χ4v) is 3.11. The Morgan fingerprint density at radius 1 is 0.875 bits per heavy atom. The van der Waals surface area contributed by atoms with E-state index in [9.17, 15) is 9.59 Å². The zero-order chi connectivity index (χ0) is 22.3. The number of nitrogens with one attached hydrogen (secondary N) is 3. The second-order valence-corrected chi connectivity index (χ2v) is 7.22. The van der Waals surface area contributed by atoms with Crippen LogP contribution in [0.25, 0.3) is 0 Å². The van der Waals surface area contributed by atoms with E-state index in [1.807, 2.05) is 43.3 Å². The first-order valence-electron chi connectivity index (χ1n) is 10.0. The molecule has 0 aliphatic heterocycles. The van der Waals surface area contributed by atoms with Gasteiger partial charge in [-0.3, -0.25) is 4.79 Å².